The molecule has 0 saturated carbocycles. The summed E-state index contributed by atoms with van der Waals surface area (Å²) in [5.41, 5.74) is 0. The van der Waals surface area contributed by atoms with Gasteiger partial charge in [0, 0.05) is 0 Å². The zero-order chi connectivity index (χ0) is 9.40. The monoisotopic (exact) mass is 253 g/mol. The molecule has 0 saturated heterocycles. The van der Waals surface area contributed by atoms with Crippen LogP contribution in [0.2, 0.25) is 0 Å². The summed E-state index contributed by atoms with van der Waals surface area (Å²) in [7, 11) is 0.818. The zero-order valence-electron chi connectivity index (χ0n) is 8.65. The Balaban J connectivity index is 0. The minimum atomic E-state index is 0. The summed E-state index contributed by atoms with van der Waals surface area (Å²) in [5, 5.41) is 0.848. The third-order valence-corrected chi connectivity index (χ3v) is 1.90. The van der Waals surface area contributed by atoms with E-state index in [0.717, 1.165) is 15.6 Å². The van der Waals surface area contributed by atoms with Gasteiger partial charge in [0.1, 0.15) is 5.38 Å². The molecule has 0 spiro atoms. The van der Waals surface area contributed by atoms with Gasteiger partial charge in [-0.3, -0.25) is 0 Å². The number of ether oxygens (including phenoxy) is 3. The van der Waals surface area contributed by atoms with E-state index in [1.807, 2.05) is 20.8 Å². The maximum absolute atomic E-state index is 5.30. The van der Waals surface area contributed by atoms with Crippen LogP contribution in [0.25, 0.3) is 0 Å². The molecule has 0 unspecified atom stereocenters. The van der Waals surface area contributed by atoms with E-state index in [2.05, 4.69) is 0 Å². The molecule has 0 radical (unpaired) electrons. The van der Waals surface area contributed by atoms with E-state index >= 15 is 0 Å². The van der Waals surface area contributed by atoms with Crippen LogP contribution in [0.3, 0.4) is 0 Å². The normalized spacial score (nSPS) is 8.54. The largest absolute Gasteiger partial charge is 1.00 e. The molecule has 0 fully saturated rings. The first-order valence-electron chi connectivity index (χ1n) is 4.35. The van der Waals surface area contributed by atoms with Crippen molar-refractivity contribution in [1.82, 2.24) is 0 Å². The van der Waals surface area contributed by atoms with Gasteiger partial charge in [0.05, 0.1) is 30.1 Å². The van der Waals surface area contributed by atoms with E-state index in [0.29, 0.717) is 25.8 Å². The summed E-state index contributed by atoms with van der Waals surface area (Å²) in [6, 6.07) is 0. The molecule has 0 aromatic heterocycles. The molecule has 0 heterocycles. The summed E-state index contributed by atoms with van der Waals surface area (Å²) in [6.45, 7) is 7.72. The van der Waals surface area contributed by atoms with Crippen LogP contribution in [0, 0.1) is 0 Å². The second-order valence-corrected chi connectivity index (χ2v) is 3.05. The molecule has 0 aliphatic rings. The number of hydrogen-bond acceptors (Lipinski definition) is 3. The first kappa shape index (κ1) is 15.4. The molecular formula is C8H18CuO3Si+. The van der Waals surface area contributed by atoms with E-state index in [9.17, 15) is 0 Å². The zero-order valence-corrected chi connectivity index (χ0v) is 11.6. The van der Waals surface area contributed by atoms with Crippen molar-refractivity contribution in [2.45, 2.75) is 20.8 Å². The van der Waals surface area contributed by atoms with E-state index in [-0.39, 0.29) is 17.1 Å². The van der Waals surface area contributed by atoms with Gasteiger partial charge in [0.15, 0.2) is 0 Å². The van der Waals surface area contributed by atoms with Crippen LogP contribution in [0.5, 0.6) is 0 Å². The minimum absolute atomic E-state index is 0. The molecule has 0 aromatic rings. The van der Waals surface area contributed by atoms with Crippen molar-refractivity contribution in [2.75, 3.05) is 19.8 Å². The van der Waals surface area contributed by atoms with Crippen LogP contribution in [0.15, 0.2) is 11.3 Å². The van der Waals surface area contributed by atoms with Gasteiger partial charge in [-0.2, -0.15) is 0 Å². The van der Waals surface area contributed by atoms with E-state index < -0.39 is 0 Å². The third-order valence-electron chi connectivity index (χ3n) is 1.20. The Morgan fingerprint density at radius 1 is 0.923 bits per heavy atom. The summed E-state index contributed by atoms with van der Waals surface area (Å²) in [4.78, 5) is 0. The SMILES string of the molecule is CCOC([SiH3])=C(OCC)OCC.[Cu+]. The maximum atomic E-state index is 5.30. The molecule has 0 amide bonds. The van der Waals surface area contributed by atoms with Gasteiger partial charge in [-0.05, 0) is 20.8 Å². The van der Waals surface area contributed by atoms with Crippen molar-refractivity contribution in [2.24, 2.45) is 0 Å². The third kappa shape index (κ3) is 6.99. The van der Waals surface area contributed by atoms with Crippen LogP contribution in [0.4, 0.5) is 0 Å². The Morgan fingerprint density at radius 2 is 1.31 bits per heavy atom. The van der Waals surface area contributed by atoms with Gasteiger partial charge in [0.25, 0.3) is 0 Å². The molecule has 0 aromatic carbocycles. The predicted molar refractivity (Wildman–Crippen MR) is 51.8 cm³/mol. The second kappa shape index (κ2) is 9.96. The number of rotatable bonds is 6. The Bertz CT molecular complexity index is 142. The van der Waals surface area contributed by atoms with Crippen LogP contribution < -0.4 is 0 Å². The molecule has 0 aliphatic heterocycles. The molecule has 0 aliphatic carbocycles. The summed E-state index contributed by atoms with van der Waals surface area (Å²) < 4.78 is 15.8. The minimum Gasteiger partial charge on any atom is -0.497 e. The average molecular weight is 254 g/mol. The van der Waals surface area contributed by atoms with E-state index in [1.165, 1.54) is 0 Å². The van der Waals surface area contributed by atoms with Crippen LogP contribution >= 0.6 is 0 Å². The maximum Gasteiger partial charge on any atom is 1.00 e. The Morgan fingerprint density at radius 3 is 1.62 bits per heavy atom. The van der Waals surface area contributed by atoms with Crippen molar-refractivity contribution in [3.63, 3.8) is 0 Å². The molecule has 82 valence electrons. The topological polar surface area (TPSA) is 27.7 Å². The molecule has 0 atom stereocenters. The first-order chi connectivity index (χ1) is 5.76. The Labute approximate surface area is 93.7 Å². The fourth-order valence-corrected chi connectivity index (χ4v) is 1.36. The molecule has 5 heteroatoms. The summed E-state index contributed by atoms with van der Waals surface area (Å²) in [6.07, 6.45) is 0. The molecule has 0 rings (SSSR count). The average Bonchev–Trinajstić information content (AvgIpc) is 2.04. The van der Waals surface area contributed by atoms with E-state index in [1.54, 1.807) is 0 Å². The quantitative estimate of drug-likeness (QED) is 0.512. The smallest absolute Gasteiger partial charge is 0.497 e. The van der Waals surface area contributed by atoms with Crippen LogP contribution in [0.1, 0.15) is 20.8 Å². The van der Waals surface area contributed by atoms with Gasteiger partial charge >= 0.3 is 23.0 Å². The summed E-state index contributed by atoms with van der Waals surface area (Å²) >= 11 is 0. The molecule has 0 bridgehead atoms. The van der Waals surface area contributed by atoms with Gasteiger partial charge in [0.2, 0.25) is 0 Å². The van der Waals surface area contributed by atoms with Crippen LogP contribution in [-0.2, 0) is 31.3 Å². The molecular weight excluding hydrogens is 236 g/mol. The first-order valence-corrected chi connectivity index (χ1v) is 5.35. The van der Waals surface area contributed by atoms with E-state index in [4.69, 9.17) is 14.2 Å². The number of hydrogen-bond donors (Lipinski definition) is 0. The van der Waals surface area contributed by atoms with Gasteiger partial charge in [-0.1, -0.05) is 0 Å². The van der Waals surface area contributed by atoms with Crippen molar-refractivity contribution in [1.29, 1.82) is 0 Å². The van der Waals surface area contributed by atoms with Crippen molar-refractivity contribution in [3.05, 3.63) is 11.3 Å². The van der Waals surface area contributed by atoms with Crippen LogP contribution in [-0.4, -0.2) is 30.1 Å². The Hall–Kier alpha value is -0.124. The molecule has 0 N–H and O–H groups in total. The van der Waals surface area contributed by atoms with Crippen molar-refractivity contribution in [3.8, 4) is 0 Å². The Kier molecular flexibility index (Phi) is 11.8. The summed E-state index contributed by atoms with van der Waals surface area (Å²) in [5.74, 6) is 0.563. The van der Waals surface area contributed by atoms with Gasteiger partial charge < -0.3 is 14.2 Å². The predicted octanol–water partition coefficient (Wildman–Crippen LogP) is 0.585. The standard InChI is InChI=1S/C8H18O3Si.Cu/c1-4-9-7(10-5-2)8(12)11-6-3;/h4-6H2,1-3,12H3;/q;+1. The fourth-order valence-electron chi connectivity index (χ4n) is 0.783. The van der Waals surface area contributed by atoms with Crippen molar-refractivity contribution >= 4 is 10.2 Å². The molecule has 13 heavy (non-hydrogen) atoms. The van der Waals surface area contributed by atoms with Crippen molar-refractivity contribution < 1.29 is 31.3 Å². The van der Waals surface area contributed by atoms with Gasteiger partial charge in [-0.25, -0.2) is 0 Å². The molecule has 3 nitrogen and oxygen atoms in total. The van der Waals surface area contributed by atoms with Gasteiger partial charge in [-0.15, -0.1) is 0 Å². The second-order valence-electron chi connectivity index (χ2n) is 2.14. The fraction of sp³-hybridized carbons (Fsp3) is 0.750.